The predicted molar refractivity (Wildman–Crippen MR) is 90.5 cm³/mol. The first-order valence-electron chi connectivity index (χ1n) is 8.25. The zero-order valence-electron chi connectivity index (χ0n) is 14.6. The summed E-state index contributed by atoms with van der Waals surface area (Å²) in [7, 11) is -2.29. The van der Waals surface area contributed by atoms with Gasteiger partial charge in [0.05, 0.1) is 31.1 Å². The summed E-state index contributed by atoms with van der Waals surface area (Å²) in [5, 5.41) is 0. The summed E-state index contributed by atoms with van der Waals surface area (Å²) in [4.78, 5) is 38.1. The molecule has 0 aromatic heterocycles. The largest absolute Gasteiger partial charge is 0.338 e. The summed E-state index contributed by atoms with van der Waals surface area (Å²) < 4.78 is 26.8. The van der Waals surface area contributed by atoms with Gasteiger partial charge >= 0.3 is 17.8 Å². The lowest BCUT2D eigenvalue weighted by molar-refractivity contribution is -0.910. The van der Waals surface area contributed by atoms with Crippen LogP contribution < -0.4 is 4.90 Å². The zero-order chi connectivity index (χ0) is 19.1. The van der Waals surface area contributed by atoms with Crippen molar-refractivity contribution in [3.05, 3.63) is 29.8 Å². The molecule has 26 heavy (non-hydrogen) atoms. The van der Waals surface area contributed by atoms with E-state index < -0.39 is 27.9 Å². The SMILES string of the molecule is Cc1ccc(S(=O)(=O)N2CC[NH+](CN3C(=O)C(=O)N(C)C3=O)CC2)cc1. The van der Waals surface area contributed by atoms with Gasteiger partial charge in [-0.3, -0.25) is 14.5 Å². The molecule has 4 amide bonds. The number of rotatable bonds is 4. The minimum Gasteiger partial charge on any atom is -0.315 e. The average molecular weight is 381 g/mol. The monoisotopic (exact) mass is 381 g/mol. The molecule has 2 fully saturated rings. The van der Waals surface area contributed by atoms with Gasteiger partial charge in [0.1, 0.15) is 0 Å². The van der Waals surface area contributed by atoms with Gasteiger partial charge in [-0.05, 0) is 19.1 Å². The van der Waals surface area contributed by atoms with Crippen LogP contribution in [0.25, 0.3) is 0 Å². The van der Waals surface area contributed by atoms with E-state index in [1.165, 1.54) is 11.4 Å². The minimum absolute atomic E-state index is 0.0617. The van der Waals surface area contributed by atoms with Gasteiger partial charge in [-0.1, -0.05) is 17.7 Å². The quantitative estimate of drug-likeness (QED) is 0.493. The summed E-state index contributed by atoms with van der Waals surface area (Å²) in [5.41, 5.74) is 0.984. The first-order chi connectivity index (χ1) is 12.2. The lowest BCUT2D eigenvalue weighted by atomic mass is 10.2. The standard InChI is InChI=1S/C16H20N4O5S/c1-12-3-5-13(6-4-12)26(24,25)19-9-7-18(8-10-19)11-20-15(22)14(21)17(2)16(20)23/h3-6H,7-11H2,1-2H3/p+1. The van der Waals surface area contributed by atoms with E-state index in [2.05, 4.69) is 0 Å². The van der Waals surface area contributed by atoms with Crippen molar-refractivity contribution in [3.8, 4) is 0 Å². The molecule has 1 aromatic carbocycles. The Kier molecular flexibility index (Phi) is 4.82. The maximum Gasteiger partial charge on any atom is 0.338 e. The lowest BCUT2D eigenvalue weighted by Crippen LogP contribution is -3.16. The molecule has 10 heteroatoms. The number of amides is 4. The third kappa shape index (κ3) is 3.22. The van der Waals surface area contributed by atoms with Crippen molar-refractivity contribution in [1.82, 2.24) is 14.1 Å². The van der Waals surface area contributed by atoms with Crippen molar-refractivity contribution in [2.45, 2.75) is 11.8 Å². The number of carbonyl (C=O) groups excluding carboxylic acids is 3. The number of imide groups is 2. The van der Waals surface area contributed by atoms with E-state index in [0.29, 0.717) is 13.1 Å². The van der Waals surface area contributed by atoms with Crippen molar-refractivity contribution >= 4 is 27.9 Å². The first kappa shape index (κ1) is 18.5. The van der Waals surface area contributed by atoms with Gasteiger partial charge in [-0.2, -0.15) is 4.31 Å². The zero-order valence-corrected chi connectivity index (χ0v) is 15.5. The van der Waals surface area contributed by atoms with Crippen LogP contribution >= 0.6 is 0 Å². The number of sulfonamides is 1. The van der Waals surface area contributed by atoms with E-state index >= 15 is 0 Å². The fourth-order valence-electron chi connectivity index (χ4n) is 3.04. The maximum absolute atomic E-state index is 12.7. The van der Waals surface area contributed by atoms with Crippen LogP contribution in [-0.4, -0.2) is 80.3 Å². The number of nitrogens with zero attached hydrogens (tertiary/aromatic N) is 3. The molecule has 2 heterocycles. The van der Waals surface area contributed by atoms with Gasteiger partial charge in [0.2, 0.25) is 10.0 Å². The van der Waals surface area contributed by atoms with E-state index in [1.54, 1.807) is 24.3 Å². The van der Waals surface area contributed by atoms with Gasteiger partial charge in [0.15, 0.2) is 6.67 Å². The maximum atomic E-state index is 12.7. The van der Waals surface area contributed by atoms with Gasteiger partial charge in [-0.15, -0.1) is 0 Å². The molecule has 1 aromatic rings. The van der Waals surface area contributed by atoms with Gasteiger partial charge in [-0.25, -0.2) is 18.1 Å². The van der Waals surface area contributed by atoms with Crippen LogP contribution in [-0.2, 0) is 19.6 Å². The number of quaternary nitrogens is 1. The molecule has 0 saturated carbocycles. The van der Waals surface area contributed by atoms with Crippen LogP contribution in [0, 0.1) is 6.92 Å². The Morgan fingerprint density at radius 1 is 1.00 bits per heavy atom. The van der Waals surface area contributed by atoms with E-state index in [4.69, 9.17) is 0 Å². The van der Waals surface area contributed by atoms with Gasteiger partial charge in [0, 0.05) is 7.05 Å². The molecule has 1 N–H and O–H groups in total. The van der Waals surface area contributed by atoms with Crippen LogP contribution in [0.3, 0.4) is 0 Å². The number of hydrogen-bond donors (Lipinski definition) is 1. The Morgan fingerprint density at radius 3 is 2.08 bits per heavy atom. The first-order valence-corrected chi connectivity index (χ1v) is 9.69. The number of piperazine rings is 1. The number of nitrogens with one attached hydrogen (secondary N) is 1. The fraction of sp³-hybridized carbons (Fsp3) is 0.438. The Hall–Kier alpha value is -2.30. The smallest absolute Gasteiger partial charge is 0.315 e. The van der Waals surface area contributed by atoms with Crippen LogP contribution in [0.5, 0.6) is 0 Å². The summed E-state index contributed by atoms with van der Waals surface area (Å²) >= 11 is 0. The number of aryl methyl sites for hydroxylation is 1. The molecule has 140 valence electrons. The molecule has 0 unspecified atom stereocenters. The molecule has 3 rings (SSSR count). The molecule has 0 bridgehead atoms. The van der Waals surface area contributed by atoms with E-state index in [9.17, 15) is 22.8 Å². The van der Waals surface area contributed by atoms with E-state index in [-0.39, 0.29) is 24.7 Å². The second kappa shape index (κ2) is 6.78. The molecule has 2 saturated heterocycles. The van der Waals surface area contributed by atoms with E-state index in [0.717, 1.165) is 20.3 Å². The Balaban J connectivity index is 1.63. The number of hydrogen-bond acceptors (Lipinski definition) is 5. The second-order valence-electron chi connectivity index (χ2n) is 6.51. The van der Waals surface area contributed by atoms with Gasteiger partial charge < -0.3 is 4.90 Å². The normalized spacial score (nSPS) is 20.3. The van der Waals surface area contributed by atoms with Crippen LogP contribution in [0.4, 0.5) is 4.79 Å². The van der Waals surface area contributed by atoms with Gasteiger partial charge in [0.25, 0.3) is 0 Å². The predicted octanol–water partition coefficient (Wildman–Crippen LogP) is -1.74. The molecule has 2 aliphatic heterocycles. The molecule has 0 radical (unpaired) electrons. The van der Waals surface area contributed by atoms with Crippen molar-refractivity contribution in [2.75, 3.05) is 39.9 Å². The van der Waals surface area contributed by atoms with Crippen LogP contribution in [0.15, 0.2) is 29.2 Å². The second-order valence-corrected chi connectivity index (χ2v) is 8.44. The number of likely N-dealkylation sites (N-methyl/N-ethyl adjacent to an activating group) is 1. The molecule has 0 aliphatic carbocycles. The third-order valence-corrected chi connectivity index (χ3v) is 6.63. The topological polar surface area (TPSA) is 99.5 Å². The summed E-state index contributed by atoms with van der Waals surface area (Å²) in [6.07, 6.45) is 0. The number of urea groups is 1. The Labute approximate surface area is 151 Å². The molecule has 0 atom stereocenters. The Bertz CT molecular complexity index is 844. The lowest BCUT2D eigenvalue weighted by Gasteiger charge is -2.32. The number of carbonyl (C=O) groups is 3. The van der Waals surface area contributed by atoms with Crippen molar-refractivity contribution in [1.29, 1.82) is 0 Å². The highest BCUT2D eigenvalue weighted by molar-refractivity contribution is 7.89. The van der Waals surface area contributed by atoms with E-state index in [1.807, 2.05) is 6.92 Å². The highest BCUT2D eigenvalue weighted by Gasteiger charge is 2.44. The summed E-state index contributed by atoms with van der Waals surface area (Å²) in [5.74, 6) is -1.67. The molecule has 2 aliphatic rings. The minimum atomic E-state index is -3.56. The summed E-state index contributed by atoms with van der Waals surface area (Å²) in [6.45, 7) is 3.41. The molecular formula is C16H21N4O5S+. The average Bonchev–Trinajstić information content (AvgIpc) is 2.80. The molecule has 9 nitrogen and oxygen atoms in total. The van der Waals surface area contributed by atoms with Crippen molar-refractivity contribution in [3.63, 3.8) is 0 Å². The van der Waals surface area contributed by atoms with Crippen LogP contribution in [0.1, 0.15) is 5.56 Å². The van der Waals surface area contributed by atoms with Crippen molar-refractivity contribution < 1.29 is 27.7 Å². The summed E-state index contributed by atoms with van der Waals surface area (Å²) in [6, 6.07) is 6.06. The van der Waals surface area contributed by atoms with Crippen molar-refractivity contribution in [2.24, 2.45) is 0 Å². The van der Waals surface area contributed by atoms with Crippen LogP contribution in [0.2, 0.25) is 0 Å². The fourth-order valence-corrected chi connectivity index (χ4v) is 4.48. The molecule has 0 spiro atoms. The Morgan fingerprint density at radius 2 is 1.58 bits per heavy atom. The highest BCUT2D eigenvalue weighted by Crippen LogP contribution is 2.16. The third-order valence-electron chi connectivity index (χ3n) is 4.72. The highest BCUT2D eigenvalue weighted by atomic mass is 32.2. The molecular weight excluding hydrogens is 360 g/mol. The number of benzene rings is 1.